The number of nitrogens with zero attached hydrogens (tertiary/aromatic N) is 2. The van der Waals surface area contributed by atoms with E-state index in [1.807, 2.05) is 24.3 Å². The Morgan fingerprint density at radius 2 is 1.58 bits per heavy atom. The summed E-state index contributed by atoms with van der Waals surface area (Å²) in [7, 11) is 0. The van der Waals surface area contributed by atoms with Crippen molar-refractivity contribution in [2.45, 2.75) is 5.92 Å². The minimum absolute atomic E-state index is 0.347. The van der Waals surface area contributed by atoms with Gasteiger partial charge in [-0.05, 0) is 11.6 Å². The van der Waals surface area contributed by atoms with E-state index in [0.717, 1.165) is 21.8 Å². The number of nitrogens with two attached hydrogens (primary N) is 2. The highest BCUT2D eigenvalue weighted by atomic mass is 79.9. The molecule has 4 nitrogen and oxygen atoms in total. The molecule has 1 heterocycles. The van der Waals surface area contributed by atoms with Gasteiger partial charge in [0.25, 0.3) is 0 Å². The fourth-order valence-corrected chi connectivity index (χ4v) is 3.21. The van der Waals surface area contributed by atoms with E-state index in [0.29, 0.717) is 21.2 Å². The number of hydrogen-bond acceptors (Lipinski definition) is 5. The van der Waals surface area contributed by atoms with Crippen molar-refractivity contribution < 1.29 is 0 Å². The van der Waals surface area contributed by atoms with Crippen molar-refractivity contribution in [3.05, 3.63) is 55.5 Å². The molecule has 19 heavy (non-hydrogen) atoms. The Hall–Kier alpha value is -1.89. The molecule has 0 saturated heterocycles. The summed E-state index contributed by atoms with van der Waals surface area (Å²) in [5, 5.41) is 19.3. The summed E-state index contributed by atoms with van der Waals surface area (Å²) in [5.74, 6) is -0.508. The predicted octanol–water partition coefficient (Wildman–Crippen LogP) is 2.67. The predicted molar refractivity (Wildman–Crippen MR) is 78.1 cm³/mol. The van der Waals surface area contributed by atoms with E-state index in [9.17, 15) is 10.5 Å². The molecular weight excluding hydrogens is 324 g/mol. The van der Waals surface area contributed by atoms with Crippen LogP contribution >= 0.6 is 27.7 Å². The first kappa shape index (κ1) is 13.5. The molecule has 4 N–H and O–H groups in total. The highest BCUT2D eigenvalue weighted by Gasteiger charge is 2.32. The van der Waals surface area contributed by atoms with Crippen LogP contribution < -0.4 is 11.5 Å². The van der Waals surface area contributed by atoms with Crippen LogP contribution in [0.3, 0.4) is 0 Å². The van der Waals surface area contributed by atoms with E-state index in [4.69, 9.17) is 11.5 Å². The standard InChI is InChI=1S/C13H9BrN4S/c14-10-4-2-1-3-7(10)11-8(5-15)12(17)19-13(18)9(11)6-16/h1-4,11H,17-18H2. The molecule has 1 aliphatic heterocycles. The Bertz CT molecular complexity index is 643. The fourth-order valence-electron chi connectivity index (χ4n) is 1.92. The fraction of sp³-hybridized carbons (Fsp3) is 0.0769. The zero-order valence-corrected chi connectivity index (χ0v) is 12.1. The third kappa shape index (κ3) is 2.33. The Morgan fingerprint density at radius 1 is 1.05 bits per heavy atom. The van der Waals surface area contributed by atoms with Crippen molar-refractivity contribution in [2.75, 3.05) is 0 Å². The summed E-state index contributed by atoms with van der Waals surface area (Å²) in [6, 6.07) is 11.6. The second-order valence-electron chi connectivity index (χ2n) is 3.84. The smallest absolute Gasteiger partial charge is 0.0985 e. The lowest BCUT2D eigenvalue weighted by atomic mass is 9.86. The first-order valence-corrected chi connectivity index (χ1v) is 6.92. The lowest BCUT2D eigenvalue weighted by Crippen LogP contribution is -2.18. The Balaban J connectivity index is 2.69. The molecule has 0 amide bonds. The number of nitriles is 2. The number of halogens is 1. The van der Waals surface area contributed by atoms with Crippen molar-refractivity contribution in [1.29, 1.82) is 10.5 Å². The van der Waals surface area contributed by atoms with Crippen LogP contribution in [0.2, 0.25) is 0 Å². The number of hydrogen-bond donors (Lipinski definition) is 2. The number of thioether (sulfide) groups is 1. The van der Waals surface area contributed by atoms with Crippen LogP contribution in [-0.4, -0.2) is 0 Å². The molecule has 1 aliphatic rings. The molecule has 6 heteroatoms. The van der Waals surface area contributed by atoms with Gasteiger partial charge in [0.1, 0.15) is 0 Å². The first-order chi connectivity index (χ1) is 9.10. The molecule has 94 valence electrons. The van der Waals surface area contributed by atoms with Gasteiger partial charge in [-0.1, -0.05) is 45.9 Å². The maximum Gasteiger partial charge on any atom is 0.0985 e. The summed E-state index contributed by atoms with van der Waals surface area (Å²) < 4.78 is 0.813. The summed E-state index contributed by atoms with van der Waals surface area (Å²) in [5.41, 5.74) is 13.2. The molecule has 0 aromatic heterocycles. The van der Waals surface area contributed by atoms with Crippen molar-refractivity contribution in [2.24, 2.45) is 11.5 Å². The van der Waals surface area contributed by atoms with Crippen LogP contribution in [0.1, 0.15) is 11.5 Å². The maximum atomic E-state index is 9.29. The Labute approximate surface area is 123 Å². The Kier molecular flexibility index (Phi) is 3.84. The molecule has 0 atom stereocenters. The lowest BCUT2D eigenvalue weighted by molar-refractivity contribution is 0.951. The Morgan fingerprint density at radius 3 is 2.05 bits per heavy atom. The molecule has 0 spiro atoms. The van der Waals surface area contributed by atoms with Gasteiger partial charge in [-0.25, -0.2) is 0 Å². The normalized spacial score (nSPS) is 16.2. The van der Waals surface area contributed by atoms with Gasteiger partial charge in [0.05, 0.1) is 39.3 Å². The van der Waals surface area contributed by atoms with Gasteiger partial charge in [-0.15, -0.1) is 0 Å². The largest absolute Gasteiger partial charge is 0.392 e. The zero-order chi connectivity index (χ0) is 14.0. The topological polar surface area (TPSA) is 99.6 Å². The van der Waals surface area contributed by atoms with Crippen molar-refractivity contribution in [3.63, 3.8) is 0 Å². The number of rotatable bonds is 1. The van der Waals surface area contributed by atoms with Crippen LogP contribution in [0.15, 0.2) is 49.9 Å². The SMILES string of the molecule is N#CC1=C(N)SC(N)=C(C#N)C1c1ccccc1Br. The third-order valence-corrected chi connectivity index (χ3v) is 4.39. The van der Waals surface area contributed by atoms with Crippen LogP contribution in [0, 0.1) is 22.7 Å². The van der Waals surface area contributed by atoms with Crippen molar-refractivity contribution in [1.82, 2.24) is 0 Å². The second kappa shape index (κ2) is 5.40. The molecule has 0 fully saturated rings. The average molecular weight is 333 g/mol. The van der Waals surface area contributed by atoms with Gasteiger partial charge in [0.15, 0.2) is 0 Å². The molecular formula is C13H9BrN4S. The zero-order valence-electron chi connectivity index (χ0n) is 9.72. The average Bonchev–Trinajstić information content (AvgIpc) is 2.38. The van der Waals surface area contributed by atoms with Gasteiger partial charge in [-0.2, -0.15) is 10.5 Å². The van der Waals surface area contributed by atoms with E-state index in [1.165, 1.54) is 0 Å². The van der Waals surface area contributed by atoms with Crippen molar-refractivity contribution in [3.8, 4) is 12.1 Å². The third-order valence-electron chi connectivity index (χ3n) is 2.79. The minimum atomic E-state index is -0.508. The molecule has 0 bridgehead atoms. The van der Waals surface area contributed by atoms with Gasteiger partial charge >= 0.3 is 0 Å². The van der Waals surface area contributed by atoms with Crippen LogP contribution in [0.4, 0.5) is 0 Å². The molecule has 0 radical (unpaired) electrons. The summed E-state index contributed by atoms with van der Waals surface area (Å²) in [6.45, 7) is 0. The molecule has 1 aromatic carbocycles. The number of benzene rings is 1. The van der Waals surface area contributed by atoms with Crippen LogP contribution in [-0.2, 0) is 0 Å². The van der Waals surface area contributed by atoms with Crippen LogP contribution in [0.25, 0.3) is 0 Å². The van der Waals surface area contributed by atoms with E-state index in [-0.39, 0.29) is 0 Å². The van der Waals surface area contributed by atoms with E-state index < -0.39 is 5.92 Å². The van der Waals surface area contributed by atoms with Gasteiger partial charge < -0.3 is 11.5 Å². The van der Waals surface area contributed by atoms with Gasteiger partial charge in [-0.3, -0.25) is 0 Å². The maximum absolute atomic E-state index is 9.29. The first-order valence-electron chi connectivity index (χ1n) is 5.32. The molecule has 0 aliphatic carbocycles. The van der Waals surface area contributed by atoms with Crippen LogP contribution in [0.5, 0.6) is 0 Å². The summed E-state index contributed by atoms with van der Waals surface area (Å²) in [4.78, 5) is 0. The van der Waals surface area contributed by atoms with E-state index in [1.54, 1.807) is 0 Å². The lowest BCUT2D eigenvalue weighted by Gasteiger charge is -2.24. The highest BCUT2D eigenvalue weighted by Crippen LogP contribution is 2.44. The monoisotopic (exact) mass is 332 g/mol. The van der Waals surface area contributed by atoms with E-state index >= 15 is 0 Å². The summed E-state index contributed by atoms with van der Waals surface area (Å²) in [6.07, 6.45) is 0. The highest BCUT2D eigenvalue weighted by molar-refractivity contribution is 9.10. The van der Waals surface area contributed by atoms with Gasteiger partial charge in [0.2, 0.25) is 0 Å². The van der Waals surface area contributed by atoms with Crippen molar-refractivity contribution >= 4 is 27.7 Å². The molecule has 2 rings (SSSR count). The molecule has 0 saturated carbocycles. The summed E-state index contributed by atoms with van der Waals surface area (Å²) >= 11 is 4.50. The quantitative estimate of drug-likeness (QED) is 0.823. The minimum Gasteiger partial charge on any atom is -0.392 e. The van der Waals surface area contributed by atoms with E-state index in [2.05, 4.69) is 28.1 Å². The second-order valence-corrected chi connectivity index (χ2v) is 5.77. The van der Waals surface area contributed by atoms with Gasteiger partial charge in [0, 0.05) is 4.47 Å². The molecule has 0 unspecified atom stereocenters. The number of allylic oxidation sites excluding steroid dienone is 2. The molecule has 1 aromatic rings.